The molecule has 1 aliphatic heterocycles. The highest BCUT2D eigenvalue weighted by Crippen LogP contribution is 2.13. The summed E-state index contributed by atoms with van der Waals surface area (Å²) in [5.74, 6) is 1.50. The summed E-state index contributed by atoms with van der Waals surface area (Å²) in [5, 5.41) is 6.91. The monoisotopic (exact) mass is 405 g/mol. The first kappa shape index (κ1) is 23.4. The summed E-state index contributed by atoms with van der Waals surface area (Å²) in [6.07, 6.45) is 3.11. The molecule has 0 bridgehead atoms. The van der Waals surface area contributed by atoms with E-state index in [1.165, 1.54) is 0 Å². The summed E-state index contributed by atoms with van der Waals surface area (Å²) < 4.78 is 7.34. The minimum absolute atomic E-state index is 0.0785. The van der Waals surface area contributed by atoms with Crippen molar-refractivity contribution in [3.63, 3.8) is 0 Å². The van der Waals surface area contributed by atoms with Crippen LogP contribution >= 0.6 is 0 Å². The van der Waals surface area contributed by atoms with Crippen LogP contribution in [0, 0.1) is 12.8 Å². The third kappa shape index (κ3) is 8.19. The highest BCUT2D eigenvalue weighted by Gasteiger charge is 2.22. The van der Waals surface area contributed by atoms with Gasteiger partial charge in [-0.25, -0.2) is 0 Å². The van der Waals surface area contributed by atoms with Crippen LogP contribution in [-0.2, 0) is 11.3 Å². The Labute approximate surface area is 175 Å². The average Bonchev–Trinajstić information content (AvgIpc) is 2.71. The van der Waals surface area contributed by atoms with E-state index in [1.807, 2.05) is 30.7 Å². The molecule has 2 rings (SSSR count). The van der Waals surface area contributed by atoms with Crippen molar-refractivity contribution >= 4 is 5.96 Å². The van der Waals surface area contributed by atoms with Crippen LogP contribution in [0.2, 0.25) is 0 Å². The number of rotatable bonds is 10. The number of nitrogens with one attached hydrogen (secondary N) is 2. The molecule has 1 aromatic heterocycles. The molecule has 1 aliphatic rings. The first-order valence-electron chi connectivity index (χ1n) is 10.9. The SMILES string of the molecule is CN=C(NCCCCn1c(C)cccc1=O)NCC(CC(C)C)N1CCOCC1. The van der Waals surface area contributed by atoms with Gasteiger partial charge in [-0.15, -0.1) is 0 Å². The van der Waals surface area contributed by atoms with Crippen LogP contribution in [0.15, 0.2) is 28.0 Å². The summed E-state index contributed by atoms with van der Waals surface area (Å²) in [4.78, 5) is 18.8. The van der Waals surface area contributed by atoms with Crippen molar-refractivity contribution in [3.8, 4) is 0 Å². The molecule has 29 heavy (non-hydrogen) atoms. The molecule has 2 N–H and O–H groups in total. The molecule has 0 saturated carbocycles. The van der Waals surface area contributed by atoms with E-state index in [-0.39, 0.29) is 5.56 Å². The van der Waals surface area contributed by atoms with E-state index in [2.05, 4.69) is 34.4 Å². The molecular formula is C22H39N5O2. The molecule has 2 heterocycles. The lowest BCUT2D eigenvalue weighted by Gasteiger charge is -2.35. The zero-order chi connectivity index (χ0) is 21.1. The molecular weight excluding hydrogens is 366 g/mol. The molecule has 0 spiro atoms. The van der Waals surface area contributed by atoms with Crippen LogP contribution < -0.4 is 16.2 Å². The second-order valence-corrected chi connectivity index (χ2v) is 8.18. The minimum Gasteiger partial charge on any atom is -0.379 e. The second-order valence-electron chi connectivity index (χ2n) is 8.18. The number of aryl methyl sites for hydroxylation is 1. The van der Waals surface area contributed by atoms with Crippen molar-refractivity contribution in [2.24, 2.45) is 10.9 Å². The number of hydrogen-bond acceptors (Lipinski definition) is 4. The molecule has 1 aromatic rings. The maximum atomic E-state index is 11.9. The van der Waals surface area contributed by atoms with Gasteiger partial charge < -0.3 is 19.9 Å². The smallest absolute Gasteiger partial charge is 0.250 e. The fourth-order valence-electron chi connectivity index (χ4n) is 3.80. The number of morpholine rings is 1. The van der Waals surface area contributed by atoms with Crippen molar-refractivity contribution in [2.75, 3.05) is 46.4 Å². The predicted octanol–water partition coefficient (Wildman–Crippen LogP) is 1.85. The lowest BCUT2D eigenvalue weighted by molar-refractivity contribution is 0.0132. The first-order valence-corrected chi connectivity index (χ1v) is 10.9. The second kappa shape index (κ2) is 12.6. The fraction of sp³-hybridized carbons (Fsp3) is 0.727. The summed E-state index contributed by atoms with van der Waals surface area (Å²) >= 11 is 0. The summed E-state index contributed by atoms with van der Waals surface area (Å²) in [6.45, 7) is 12.7. The number of ether oxygens (including phenoxy) is 1. The summed E-state index contributed by atoms with van der Waals surface area (Å²) in [5.41, 5.74) is 1.09. The van der Waals surface area contributed by atoms with Crippen LogP contribution in [0.5, 0.6) is 0 Å². The number of hydrogen-bond donors (Lipinski definition) is 2. The Morgan fingerprint density at radius 1 is 1.21 bits per heavy atom. The van der Waals surface area contributed by atoms with Crippen molar-refractivity contribution in [3.05, 3.63) is 34.2 Å². The normalized spacial score (nSPS) is 16.8. The number of nitrogens with zero attached hydrogens (tertiary/aromatic N) is 3. The van der Waals surface area contributed by atoms with E-state index in [1.54, 1.807) is 6.07 Å². The maximum Gasteiger partial charge on any atom is 0.250 e. The Morgan fingerprint density at radius 3 is 2.62 bits per heavy atom. The molecule has 1 fully saturated rings. The standard InChI is InChI=1S/C22H39N5O2/c1-18(2)16-20(26-12-14-29-15-13-26)17-25-22(23-4)24-10-5-6-11-27-19(3)8-7-9-21(27)28/h7-9,18,20H,5-6,10-17H2,1-4H3,(H2,23,24,25). The zero-order valence-corrected chi connectivity index (χ0v) is 18.6. The molecule has 1 unspecified atom stereocenters. The van der Waals surface area contributed by atoms with Crippen molar-refractivity contribution in [1.82, 2.24) is 20.1 Å². The Kier molecular flexibility index (Phi) is 10.2. The molecule has 0 amide bonds. The van der Waals surface area contributed by atoms with Crippen LogP contribution in [0.25, 0.3) is 0 Å². The van der Waals surface area contributed by atoms with Crippen LogP contribution in [0.3, 0.4) is 0 Å². The molecule has 164 valence electrons. The van der Waals surface area contributed by atoms with Crippen LogP contribution in [0.4, 0.5) is 0 Å². The van der Waals surface area contributed by atoms with Gasteiger partial charge in [-0.1, -0.05) is 19.9 Å². The number of pyridine rings is 1. The highest BCUT2D eigenvalue weighted by atomic mass is 16.5. The van der Waals surface area contributed by atoms with E-state index >= 15 is 0 Å². The van der Waals surface area contributed by atoms with Gasteiger partial charge >= 0.3 is 0 Å². The number of unbranched alkanes of at least 4 members (excludes halogenated alkanes) is 1. The van der Waals surface area contributed by atoms with E-state index in [0.29, 0.717) is 12.0 Å². The van der Waals surface area contributed by atoms with Gasteiger partial charge in [0.25, 0.3) is 5.56 Å². The third-order valence-electron chi connectivity index (χ3n) is 5.40. The zero-order valence-electron chi connectivity index (χ0n) is 18.6. The molecule has 0 radical (unpaired) electrons. The van der Waals surface area contributed by atoms with E-state index in [4.69, 9.17) is 4.74 Å². The predicted molar refractivity (Wildman–Crippen MR) is 120 cm³/mol. The Balaban J connectivity index is 1.72. The van der Waals surface area contributed by atoms with Gasteiger partial charge in [0.15, 0.2) is 5.96 Å². The lowest BCUT2D eigenvalue weighted by atomic mass is 10.0. The lowest BCUT2D eigenvalue weighted by Crippen LogP contribution is -2.51. The Bertz CT molecular complexity index is 680. The van der Waals surface area contributed by atoms with E-state index in [0.717, 1.165) is 76.9 Å². The van der Waals surface area contributed by atoms with Crippen molar-refractivity contribution in [1.29, 1.82) is 0 Å². The van der Waals surface area contributed by atoms with Crippen molar-refractivity contribution in [2.45, 2.75) is 52.6 Å². The topological polar surface area (TPSA) is 70.9 Å². The third-order valence-corrected chi connectivity index (χ3v) is 5.40. The first-order chi connectivity index (χ1) is 14.0. The van der Waals surface area contributed by atoms with Gasteiger partial charge in [0.1, 0.15) is 0 Å². The van der Waals surface area contributed by atoms with Crippen LogP contribution in [-0.4, -0.2) is 67.9 Å². The number of aromatic nitrogens is 1. The molecule has 1 atom stereocenters. The molecule has 1 saturated heterocycles. The number of guanidine groups is 1. The van der Waals surface area contributed by atoms with E-state index < -0.39 is 0 Å². The fourth-order valence-corrected chi connectivity index (χ4v) is 3.80. The van der Waals surface area contributed by atoms with Gasteiger partial charge in [-0.3, -0.25) is 14.7 Å². The average molecular weight is 406 g/mol. The van der Waals surface area contributed by atoms with Crippen LogP contribution in [0.1, 0.15) is 38.8 Å². The quantitative estimate of drug-likeness (QED) is 0.353. The Hall–Kier alpha value is -1.86. The highest BCUT2D eigenvalue weighted by molar-refractivity contribution is 5.79. The largest absolute Gasteiger partial charge is 0.379 e. The molecule has 0 aliphatic carbocycles. The Morgan fingerprint density at radius 2 is 1.97 bits per heavy atom. The van der Waals surface area contributed by atoms with Gasteiger partial charge in [0, 0.05) is 57.6 Å². The molecule has 7 nitrogen and oxygen atoms in total. The summed E-state index contributed by atoms with van der Waals surface area (Å²) in [6, 6.07) is 5.91. The van der Waals surface area contributed by atoms with Crippen molar-refractivity contribution < 1.29 is 4.74 Å². The minimum atomic E-state index is 0.0785. The van der Waals surface area contributed by atoms with Gasteiger partial charge in [0.05, 0.1) is 13.2 Å². The van der Waals surface area contributed by atoms with Gasteiger partial charge in [-0.05, 0) is 38.2 Å². The number of aliphatic imine (C=N–C) groups is 1. The molecule has 7 heteroatoms. The summed E-state index contributed by atoms with van der Waals surface area (Å²) in [7, 11) is 1.81. The van der Waals surface area contributed by atoms with E-state index in [9.17, 15) is 4.79 Å². The van der Waals surface area contributed by atoms with Gasteiger partial charge in [-0.2, -0.15) is 0 Å². The maximum absolute atomic E-state index is 11.9. The van der Waals surface area contributed by atoms with Gasteiger partial charge in [0.2, 0.25) is 0 Å². The molecule has 0 aromatic carbocycles.